The Hall–Kier alpha value is -2.02. The van der Waals surface area contributed by atoms with E-state index < -0.39 is 11.5 Å². The third-order valence-electron chi connectivity index (χ3n) is 4.47. The maximum Gasteiger partial charge on any atom is 0.330 e. The number of carbonyl (C=O) groups is 3. The number of aliphatic carboxylic acids is 1. The molecule has 7 heteroatoms. The molecule has 1 atom stereocenters. The van der Waals surface area contributed by atoms with Crippen molar-refractivity contribution in [2.45, 2.75) is 24.8 Å². The summed E-state index contributed by atoms with van der Waals surface area (Å²) in [6.07, 6.45) is 1.45. The number of thioether (sulfide) groups is 1. The van der Waals surface area contributed by atoms with Gasteiger partial charge in [-0.3, -0.25) is 9.59 Å². The van der Waals surface area contributed by atoms with E-state index in [4.69, 9.17) is 0 Å². The predicted octanol–water partition coefficient (Wildman–Crippen LogP) is 1.29. The van der Waals surface area contributed by atoms with Crippen molar-refractivity contribution >= 4 is 35.2 Å². The van der Waals surface area contributed by atoms with Gasteiger partial charge in [-0.25, -0.2) is 4.79 Å². The summed E-state index contributed by atoms with van der Waals surface area (Å²) >= 11 is 1.53. The lowest BCUT2D eigenvalue weighted by molar-refractivity contribution is -0.143. The van der Waals surface area contributed by atoms with E-state index in [1.165, 1.54) is 11.8 Å². The summed E-state index contributed by atoms with van der Waals surface area (Å²) in [7, 11) is 1.72. The molecule has 2 heterocycles. The number of benzene rings is 1. The molecule has 2 aliphatic rings. The van der Waals surface area contributed by atoms with Gasteiger partial charge in [-0.15, -0.1) is 0 Å². The zero-order chi connectivity index (χ0) is 16.6. The van der Waals surface area contributed by atoms with Crippen LogP contribution in [0.15, 0.2) is 18.2 Å². The molecule has 2 amide bonds. The monoisotopic (exact) mass is 334 g/mol. The van der Waals surface area contributed by atoms with E-state index in [2.05, 4.69) is 5.32 Å². The molecule has 1 aromatic rings. The van der Waals surface area contributed by atoms with Crippen LogP contribution in [-0.4, -0.2) is 47.0 Å². The standard InChI is InChI=1S/C16H18N2O4S/c1-18-12-4-2-11(8-10(12)3-5-13(18)19)14(20)17-16(15(21)22)6-7-23-9-16/h2,4,8H,3,5-7,9H2,1H3,(H,17,20)(H,21,22). The molecule has 122 valence electrons. The number of anilines is 1. The molecule has 1 fully saturated rings. The van der Waals surface area contributed by atoms with Crippen LogP contribution in [0.5, 0.6) is 0 Å². The molecule has 0 aromatic heterocycles. The van der Waals surface area contributed by atoms with E-state index >= 15 is 0 Å². The van der Waals surface area contributed by atoms with Crippen LogP contribution in [0.3, 0.4) is 0 Å². The Morgan fingerprint density at radius 2 is 2.13 bits per heavy atom. The molecule has 3 rings (SSSR count). The number of amides is 2. The van der Waals surface area contributed by atoms with Gasteiger partial charge in [0.2, 0.25) is 5.91 Å². The van der Waals surface area contributed by atoms with Gasteiger partial charge in [0.1, 0.15) is 5.54 Å². The molecular formula is C16H18N2O4S. The second-order valence-electron chi connectivity index (χ2n) is 5.94. The fourth-order valence-corrected chi connectivity index (χ4v) is 4.30. The number of nitrogens with one attached hydrogen (secondary N) is 1. The van der Waals surface area contributed by atoms with E-state index in [0.717, 1.165) is 17.0 Å². The average Bonchev–Trinajstić information content (AvgIpc) is 3.00. The van der Waals surface area contributed by atoms with Crippen molar-refractivity contribution < 1.29 is 19.5 Å². The average molecular weight is 334 g/mol. The summed E-state index contributed by atoms with van der Waals surface area (Å²) in [5.41, 5.74) is 1.00. The normalized spacial score (nSPS) is 23.5. The smallest absolute Gasteiger partial charge is 0.330 e. The lowest BCUT2D eigenvalue weighted by atomic mass is 9.96. The van der Waals surface area contributed by atoms with E-state index in [-0.39, 0.29) is 11.8 Å². The van der Waals surface area contributed by atoms with Crippen molar-refractivity contribution in [1.29, 1.82) is 0 Å². The maximum absolute atomic E-state index is 12.5. The van der Waals surface area contributed by atoms with Gasteiger partial charge in [0.25, 0.3) is 5.91 Å². The maximum atomic E-state index is 12.5. The second kappa shape index (κ2) is 5.88. The Kier molecular flexibility index (Phi) is 4.06. The van der Waals surface area contributed by atoms with Crippen LogP contribution < -0.4 is 10.2 Å². The molecule has 6 nitrogen and oxygen atoms in total. The Bertz CT molecular complexity index is 683. The number of nitrogens with zero attached hydrogens (tertiary/aromatic N) is 1. The van der Waals surface area contributed by atoms with Gasteiger partial charge in [0.15, 0.2) is 0 Å². The van der Waals surface area contributed by atoms with Crippen molar-refractivity contribution in [1.82, 2.24) is 5.32 Å². The van der Waals surface area contributed by atoms with Crippen molar-refractivity contribution in [3.8, 4) is 0 Å². The largest absolute Gasteiger partial charge is 0.479 e. The van der Waals surface area contributed by atoms with E-state index in [0.29, 0.717) is 30.6 Å². The van der Waals surface area contributed by atoms with Gasteiger partial charge in [-0.05, 0) is 42.4 Å². The van der Waals surface area contributed by atoms with Crippen LogP contribution in [0, 0.1) is 0 Å². The molecule has 0 spiro atoms. The van der Waals surface area contributed by atoms with E-state index in [1.807, 2.05) is 0 Å². The minimum absolute atomic E-state index is 0.0579. The molecule has 2 N–H and O–H groups in total. The van der Waals surface area contributed by atoms with Crippen LogP contribution in [0.2, 0.25) is 0 Å². The highest BCUT2D eigenvalue weighted by Gasteiger charge is 2.43. The van der Waals surface area contributed by atoms with Crippen molar-refractivity contribution in [2.75, 3.05) is 23.5 Å². The number of carbonyl (C=O) groups excluding carboxylic acids is 2. The highest BCUT2D eigenvalue weighted by atomic mass is 32.2. The predicted molar refractivity (Wildman–Crippen MR) is 87.9 cm³/mol. The Labute approximate surface area is 138 Å². The first-order chi connectivity index (χ1) is 10.9. The first-order valence-electron chi connectivity index (χ1n) is 7.46. The number of aryl methyl sites for hydroxylation is 1. The molecule has 1 saturated heterocycles. The SMILES string of the molecule is CN1C(=O)CCc2cc(C(=O)NC3(C(=O)O)CCSC3)ccc21. The molecule has 2 aliphatic heterocycles. The summed E-state index contributed by atoms with van der Waals surface area (Å²) in [5, 5.41) is 12.1. The molecular weight excluding hydrogens is 316 g/mol. The second-order valence-corrected chi connectivity index (χ2v) is 7.05. The molecule has 1 aromatic carbocycles. The first-order valence-corrected chi connectivity index (χ1v) is 8.61. The van der Waals surface area contributed by atoms with Crippen molar-refractivity contribution in [2.24, 2.45) is 0 Å². The third kappa shape index (κ3) is 2.81. The summed E-state index contributed by atoms with van der Waals surface area (Å²) in [6, 6.07) is 5.14. The summed E-state index contributed by atoms with van der Waals surface area (Å²) in [4.78, 5) is 37.3. The van der Waals surface area contributed by atoms with Crippen molar-refractivity contribution in [3.63, 3.8) is 0 Å². The zero-order valence-corrected chi connectivity index (χ0v) is 13.6. The van der Waals surface area contributed by atoms with E-state index in [1.54, 1.807) is 30.1 Å². The molecule has 0 aliphatic carbocycles. The fraction of sp³-hybridized carbons (Fsp3) is 0.438. The highest BCUT2D eigenvalue weighted by Crippen LogP contribution is 2.30. The summed E-state index contributed by atoms with van der Waals surface area (Å²) in [6.45, 7) is 0. The number of hydrogen-bond acceptors (Lipinski definition) is 4. The van der Waals surface area contributed by atoms with Gasteiger partial charge in [0, 0.05) is 30.5 Å². The number of carboxylic acid groups (broad SMARTS) is 1. The van der Waals surface area contributed by atoms with Crippen LogP contribution in [0.4, 0.5) is 5.69 Å². The number of rotatable bonds is 3. The van der Waals surface area contributed by atoms with Gasteiger partial charge in [-0.2, -0.15) is 11.8 Å². The van der Waals surface area contributed by atoms with Gasteiger partial charge < -0.3 is 15.3 Å². The number of carboxylic acids is 1. The van der Waals surface area contributed by atoms with Crippen LogP contribution in [0.25, 0.3) is 0 Å². The Morgan fingerprint density at radius 1 is 1.35 bits per heavy atom. The first kappa shape index (κ1) is 15.9. The Balaban J connectivity index is 1.83. The summed E-state index contributed by atoms with van der Waals surface area (Å²) < 4.78 is 0. The molecule has 23 heavy (non-hydrogen) atoms. The minimum atomic E-state index is -1.18. The summed E-state index contributed by atoms with van der Waals surface area (Å²) in [5.74, 6) is -0.196. The van der Waals surface area contributed by atoms with Crippen LogP contribution >= 0.6 is 11.8 Å². The van der Waals surface area contributed by atoms with Gasteiger partial charge >= 0.3 is 5.97 Å². The van der Waals surface area contributed by atoms with Crippen LogP contribution in [-0.2, 0) is 16.0 Å². The number of hydrogen-bond donors (Lipinski definition) is 2. The highest BCUT2D eigenvalue weighted by molar-refractivity contribution is 7.99. The van der Waals surface area contributed by atoms with Crippen LogP contribution in [0.1, 0.15) is 28.8 Å². The minimum Gasteiger partial charge on any atom is -0.479 e. The molecule has 1 unspecified atom stereocenters. The molecule has 0 radical (unpaired) electrons. The molecule has 0 saturated carbocycles. The van der Waals surface area contributed by atoms with Gasteiger partial charge in [-0.1, -0.05) is 0 Å². The Morgan fingerprint density at radius 3 is 2.78 bits per heavy atom. The third-order valence-corrected chi connectivity index (χ3v) is 5.66. The number of fused-ring (bicyclic) bond motifs is 1. The lowest BCUT2D eigenvalue weighted by Crippen LogP contribution is -2.54. The lowest BCUT2D eigenvalue weighted by Gasteiger charge is -2.27. The van der Waals surface area contributed by atoms with Crippen molar-refractivity contribution in [3.05, 3.63) is 29.3 Å². The topological polar surface area (TPSA) is 86.7 Å². The molecule has 0 bridgehead atoms. The zero-order valence-electron chi connectivity index (χ0n) is 12.8. The quantitative estimate of drug-likeness (QED) is 0.870. The van der Waals surface area contributed by atoms with Gasteiger partial charge in [0.05, 0.1) is 0 Å². The van der Waals surface area contributed by atoms with E-state index in [9.17, 15) is 19.5 Å². The fourth-order valence-electron chi connectivity index (χ4n) is 2.97.